The summed E-state index contributed by atoms with van der Waals surface area (Å²) in [7, 11) is -1.15. The number of piperazine rings is 1. The summed E-state index contributed by atoms with van der Waals surface area (Å²) in [6.45, 7) is 4.38. The second-order valence-electron chi connectivity index (χ2n) is 8.90. The van der Waals surface area contributed by atoms with E-state index in [0.717, 1.165) is 64.8 Å². The van der Waals surface area contributed by atoms with Crippen LogP contribution in [0.4, 0.5) is 10.5 Å². The summed E-state index contributed by atoms with van der Waals surface area (Å²) in [4.78, 5) is 17.9. The molecule has 1 heterocycles. The Morgan fingerprint density at radius 1 is 1.12 bits per heavy atom. The molecule has 0 atom stereocenters. The summed E-state index contributed by atoms with van der Waals surface area (Å²) in [6.07, 6.45) is 5.51. The summed E-state index contributed by atoms with van der Waals surface area (Å²) >= 11 is 12.5. The van der Waals surface area contributed by atoms with Gasteiger partial charge >= 0.3 is 16.4 Å². The lowest BCUT2D eigenvalue weighted by atomic mass is 9.84. The van der Waals surface area contributed by atoms with E-state index in [9.17, 15) is 13.2 Å². The molecule has 0 unspecified atom stereocenters. The molecule has 33 heavy (non-hydrogen) atoms. The number of rotatable bonds is 7. The summed E-state index contributed by atoms with van der Waals surface area (Å²) in [5.74, 6) is 0.488. The molecule has 2 amide bonds. The normalized spacial score (nSPS) is 22.2. The Morgan fingerprint density at radius 2 is 1.76 bits per heavy atom. The van der Waals surface area contributed by atoms with E-state index < -0.39 is 10.4 Å². The van der Waals surface area contributed by atoms with Crippen LogP contribution in [0.5, 0.6) is 5.75 Å². The van der Waals surface area contributed by atoms with Crippen molar-refractivity contribution in [2.45, 2.75) is 38.1 Å². The number of hydrogen-bond acceptors (Lipinski definition) is 6. The van der Waals surface area contributed by atoms with E-state index in [1.807, 2.05) is 0 Å². The number of halogens is 2. The smallest absolute Gasteiger partial charge is 0.368 e. The highest BCUT2D eigenvalue weighted by atomic mass is 35.5. The minimum Gasteiger partial charge on any atom is -0.368 e. The van der Waals surface area contributed by atoms with Crippen LogP contribution in [-0.4, -0.2) is 81.7 Å². The van der Waals surface area contributed by atoms with Gasteiger partial charge < -0.3 is 19.3 Å². The first-order valence-corrected chi connectivity index (χ1v) is 13.3. The van der Waals surface area contributed by atoms with Gasteiger partial charge in [-0.3, -0.25) is 9.45 Å². The predicted octanol–water partition coefficient (Wildman–Crippen LogP) is 3.52. The molecule has 9 nitrogen and oxygen atoms in total. The molecule has 2 fully saturated rings. The zero-order valence-electron chi connectivity index (χ0n) is 19.0. The molecule has 1 aliphatic heterocycles. The van der Waals surface area contributed by atoms with Gasteiger partial charge in [-0.05, 0) is 56.7 Å². The van der Waals surface area contributed by atoms with Crippen molar-refractivity contribution in [1.82, 2.24) is 15.1 Å². The molecule has 2 N–H and O–H groups in total. The Hall–Kier alpha value is -1.46. The summed E-state index contributed by atoms with van der Waals surface area (Å²) < 4.78 is 35.2. The second kappa shape index (κ2) is 11.3. The number of benzene rings is 1. The standard InChI is InChI=1S/C21H32Cl2N4O5S/c1-25(2)21(28)24-16-5-3-15(4-6-16)9-10-26-11-13-27(14-12-26)17-7-8-18(20(23)19(17)22)32-33(29,30)31/h7-8,15-16H,3-6,9-14H2,1-2H3,(H,24,28)(H,29,30,31). The van der Waals surface area contributed by atoms with E-state index in [0.29, 0.717) is 11.6 Å². The molecule has 1 aromatic rings. The van der Waals surface area contributed by atoms with Crippen molar-refractivity contribution < 1.29 is 21.9 Å². The van der Waals surface area contributed by atoms with Gasteiger partial charge in [0.15, 0.2) is 5.75 Å². The molecule has 0 aromatic heterocycles. The summed E-state index contributed by atoms with van der Waals surface area (Å²) in [5.41, 5.74) is 0.710. The van der Waals surface area contributed by atoms with Crippen LogP contribution >= 0.6 is 23.2 Å². The van der Waals surface area contributed by atoms with Crippen molar-refractivity contribution in [3.8, 4) is 5.75 Å². The van der Waals surface area contributed by atoms with Crippen LogP contribution < -0.4 is 14.4 Å². The minimum absolute atomic E-state index is 0.0155. The predicted molar refractivity (Wildman–Crippen MR) is 130 cm³/mol. The average Bonchev–Trinajstić information content (AvgIpc) is 2.76. The van der Waals surface area contributed by atoms with Gasteiger partial charge in [-0.2, -0.15) is 8.42 Å². The van der Waals surface area contributed by atoms with Crippen LogP contribution in [0.25, 0.3) is 0 Å². The molecule has 0 bridgehead atoms. The van der Waals surface area contributed by atoms with Gasteiger partial charge in [-0.25, -0.2) is 4.79 Å². The van der Waals surface area contributed by atoms with Crippen LogP contribution in [-0.2, 0) is 10.4 Å². The topological polar surface area (TPSA) is 102 Å². The minimum atomic E-state index is -4.67. The van der Waals surface area contributed by atoms with Gasteiger partial charge in [0, 0.05) is 46.3 Å². The largest absolute Gasteiger partial charge is 0.446 e. The molecular weight excluding hydrogens is 491 g/mol. The lowest BCUT2D eigenvalue weighted by molar-refractivity contribution is 0.194. The third kappa shape index (κ3) is 7.51. The monoisotopic (exact) mass is 522 g/mol. The van der Waals surface area contributed by atoms with Crippen molar-refractivity contribution in [1.29, 1.82) is 0 Å². The molecule has 0 radical (unpaired) electrons. The molecule has 186 valence electrons. The summed E-state index contributed by atoms with van der Waals surface area (Å²) in [6, 6.07) is 3.31. The third-order valence-corrected chi connectivity index (χ3v) is 7.61. The highest BCUT2D eigenvalue weighted by Gasteiger charge is 2.25. The zero-order chi connectivity index (χ0) is 24.2. The van der Waals surface area contributed by atoms with Gasteiger partial charge in [-0.1, -0.05) is 23.2 Å². The van der Waals surface area contributed by atoms with Gasteiger partial charge in [0.2, 0.25) is 0 Å². The number of amides is 2. The molecule has 12 heteroatoms. The van der Waals surface area contributed by atoms with E-state index in [-0.39, 0.29) is 27.9 Å². The average molecular weight is 523 g/mol. The number of anilines is 1. The number of nitrogens with zero attached hydrogens (tertiary/aromatic N) is 3. The maximum atomic E-state index is 11.8. The molecule has 1 saturated carbocycles. The molecule has 2 aliphatic rings. The Balaban J connectivity index is 1.43. The molecule has 1 aliphatic carbocycles. The van der Waals surface area contributed by atoms with E-state index in [2.05, 4.69) is 19.3 Å². The molecule has 1 aromatic carbocycles. The lowest BCUT2D eigenvalue weighted by Crippen LogP contribution is -2.47. The fraction of sp³-hybridized carbons (Fsp3) is 0.667. The SMILES string of the molecule is CN(C)C(=O)NC1CCC(CCN2CCN(c3ccc(OS(=O)(=O)O)c(Cl)c3Cl)CC2)CC1. The fourth-order valence-corrected chi connectivity index (χ4v) is 5.31. The molecule has 1 saturated heterocycles. The Kier molecular flexibility index (Phi) is 8.96. The number of carbonyl (C=O) groups excluding carboxylic acids is 1. The van der Waals surface area contributed by atoms with Crippen LogP contribution in [0, 0.1) is 5.92 Å². The second-order valence-corrected chi connectivity index (χ2v) is 10.7. The first-order valence-electron chi connectivity index (χ1n) is 11.1. The van der Waals surface area contributed by atoms with Gasteiger partial charge in [0.25, 0.3) is 0 Å². The van der Waals surface area contributed by atoms with Gasteiger partial charge in [0.1, 0.15) is 5.02 Å². The van der Waals surface area contributed by atoms with E-state index in [1.165, 1.54) is 6.07 Å². The Labute approximate surface area is 205 Å². The first-order chi connectivity index (χ1) is 15.5. The van der Waals surface area contributed by atoms with Crippen LogP contribution in [0.15, 0.2) is 12.1 Å². The van der Waals surface area contributed by atoms with Crippen molar-refractivity contribution in [3.05, 3.63) is 22.2 Å². The Morgan fingerprint density at radius 3 is 2.33 bits per heavy atom. The molecule has 3 rings (SSSR count). The van der Waals surface area contributed by atoms with Crippen LogP contribution in [0.3, 0.4) is 0 Å². The number of urea groups is 1. The maximum absolute atomic E-state index is 11.8. The van der Waals surface area contributed by atoms with Gasteiger partial charge in [-0.15, -0.1) is 0 Å². The van der Waals surface area contributed by atoms with E-state index in [1.54, 1.807) is 25.1 Å². The maximum Gasteiger partial charge on any atom is 0.446 e. The quantitative estimate of drug-likeness (QED) is 0.528. The number of nitrogens with one attached hydrogen (secondary N) is 1. The van der Waals surface area contributed by atoms with Crippen LogP contribution in [0.1, 0.15) is 32.1 Å². The van der Waals surface area contributed by atoms with Crippen LogP contribution in [0.2, 0.25) is 10.0 Å². The van der Waals surface area contributed by atoms with Crippen molar-refractivity contribution >= 4 is 45.3 Å². The number of hydrogen-bond donors (Lipinski definition) is 2. The fourth-order valence-electron chi connectivity index (χ4n) is 4.42. The van der Waals surface area contributed by atoms with Crippen molar-refractivity contribution in [2.75, 3.05) is 51.7 Å². The first kappa shape index (κ1) is 26.2. The molecular formula is C21H32Cl2N4O5S. The summed E-state index contributed by atoms with van der Waals surface area (Å²) in [5, 5.41) is 3.24. The highest BCUT2D eigenvalue weighted by Crippen LogP contribution is 2.40. The Bertz CT molecular complexity index is 931. The van der Waals surface area contributed by atoms with Crippen molar-refractivity contribution in [3.63, 3.8) is 0 Å². The van der Waals surface area contributed by atoms with Gasteiger partial charge in [0.05, 0.1) is 10.7 Å². The third-order valence-electron chi connectivity index (χ3n) is 6.37. The molecule has 0 spiro atoms. The van der Waals surface area contributed by atoms with E-state index in [4.69, 9.17) is 27.8 Å². The zero-order valence-corrected chi connectivity index (χ0v) is 21.3. The van der Waals surface area contributed by atoms with E-state index >= 15 is 0 Å². The van der Waals surface area contributed by atoms with Crippen molar-refractivity contribution in [2.24, 2.45) is 5.92 Å². The highest BCUT2D eigenvalue weighted by molar-refractivity contribution is 7.81. The lowest BCUT2D eigenvalue weighted by Gasteiger charge is -2.37. The number of carbonyl (C=O) groups is 1.